The van der Waals surface area contributed by atoms with Gasteiger partial charge in [0.15, 0.2) is 0 Å². The molecule has 1 atom stereocenters. The molecule has 1 saturated heterocycles. The molecule has 1 aromatic carbocycles. The van der Waals surface area contributed by atoms with Gasteiger partial charge in [-0.25, -0.2) is 4.98 Å². The van der Waals surface area contributed by atoms with Gasteiger partial charge in [-0.2, -0.15) is 18.3 Å². The summed E-state index contributed by atoms with van der Waals surface area (Å²) in [5, 5.41) is 4.41. The summed E-state index contributed by atoms with van der Waals surface area (Å²) < 4.78 is 45.7. The van der Waals surface area contributed by atoms with Crippen molar-refractivity contribution in [3.05, 3.63) is 66.0 Å². The van der Waals surface area contributed by atoms with E-state index >= 15 is 0 Å². The highest BCUT2D eigenvalue weighted by Gasteiger charge is 2.33. The first kappa shape index (κ1) is 19.9. The number of likely N-dealkylation sites (tertiary alicyclic amines) is 1. The molecular formula is C21H19F3N4O2. The molecule has 0 bridgehead atoms. The van der Waals surface area contributed by atoms with Gasteiger partial charge in [-0.1, -0.05) is 30.3 Å². The number of carbonyl (C=O) groups is 1. The molecule has 1 fully saturated rings. The number of amides is 1. The number of carbonyl (C=O) groups excluding carboxylic acids is 1. The van der Waals surface area contributed by atoms with E-state index in [1.807, 2.05) is 30.3 Å². The molecule has 1 amide bonds. The summed E-state index contributed by atoms with van der Waals surface area (Å²) in [6.07, 6.45) is -3.31. The fraction of sp³-hybridized carbons (Fsp3) is 0.286. The minimum Gasteiger partial charge on any atom is -0.472 e. The van der Waals surface area contributed by atoms with Crippen molar-refractivity contribution in [3.8, 4) is 17.1 Å². The molecule has 0 radical (unpaired) electrons. The van der Waals surface area contributed by atoms with E-state index < -0.39 is 17.8 Å². The minimum atomic E-state index is -4.46. The molecule has 2 aromatic heterocycles. The molecule has 0 N–H and O–H groups in total. The highest BCUT2D eigenvalue weighted by Crippen LogP contribution is 2.31. The third-order valence-electron chi connectivity index (χ3n) is 4.95. The summed E-state index contributed by atoms with van der Waals surface area (Å²) in [5.41, 5.74) is 1.22. The molecule has 1 aliphatic heterocycles. The van der Waals surface area contributed by atoms with E-state index in [0.29, 0.717) is 24.4 Å². The van der Waals surface area contributed by atoms with Crippen molar-refractivity contribution >= 4 is 5.91 Å². The average Bonchev–Trinajstić information content (AvgIpc) is 3.34. The Kier molecular flexibility index (Phi) is 5.19. The third kappa shape index (κ3) is 4.14. The number of ether oxygens (including phenoxy) is 1. The maximum Gasteiger partial charge on any atom is 0.416 e. The Morgan fingerprint density at radius 1 is 1.17 bits per heavy atom. The second-order valence-electron chi connectivity index (χ2n) is 7.06. The topological polar surface area (TPSA) is 60.2 Å². The fourth-order valence-electron chi connectivity index (χ4n) is 3.41. The summed E-state index contributed by atoms with van der Waals surface area (Å²) in [6, 6.07) is 13.0. The van der Waals surface area contributed by atoms with E-state index in [2.05, 4.69) is 10.1 Å². The van der Waals surface area contributed by atoms with Crippen molar-refractivity contribution in [1.82, 2.24) is 19.7 Å². The predicted octanol–water partition coefficient (Wildman–Crippen LogP) is 3.79. The van der Waals surface area contributed by atoms with Crippen molar-refractivity contribution in [2.45, 2.75) is 18.7 Å². The first-order valence-electron chi connectivity index (χ1n) is 9.40. The number of alkyl halides is 3. The number of hydrogen-bond donors (Lipinski definition) is 0. The highest BCUT2D eigenvalue weighted by atomic mass is 19.4. The number of aryl methyl sites for hydroxylation is 1. The van der Waals surface area contributed by atoms with Gasteiger partial charge in [0.05, 0.1) is 17.8 Å². The first-order chi connectivity index (χ1) is 14.3. The van der Waals surface area contributed by atoms with Crippen molar-refractivity contribution in [3.63, 3.8) is 0 Å². The lowest BCUT2D eigenvalue weighted by molar-refractivity contribution is -0.137. The predicted molar refractivity (Wildman–Crippen MR) is 103 cm³/mol. The molecule has 3 aromatic rings. The van der Waals surface area contributed by atoms with E-state index in [1.165, 1.54) is 4.68 Å². The molecule has 9 heteroatoms. The average molecular weight is 416 g/mol. The van der Waals surface area contributed by atoms with Crippen LogP contribution in [0.1, 0.15) is 22.5 Å². The van der Waals surface area contributed by atoms with Gasteiger partial charge in [0.2, 0.25) is 5.88 Å². The Bertz CT molecular complexity index is 1050. The Labute approximate surface area is 170 Å². The number of benzene rings is 1. The number of rotatable bonds is 4. The molecule has 0 spiro atoms. The van der Waals surface area contributed by atoms with Crippen LogP contribution in [-0.4, -0.2) is 44.8 Å². The Morgan fingerprint density at radius 3 is 2.67 bits per heavy atom. The standard InChI is InChI=1S/C21H19F3N4O2/c1-27-18(12-17(26-27)14-5-3-2-4-6-14)20(29)28-10-8-16(13-28)30-19-11-15(7-9-25-19)21(22,23)24/h2-7,9,11-12,16H,8,10,13H2,1H3. The van der Waals surface area contributed by atoms with E-state index in [1.54, 1.807) is 18.0 Å². The van der Waals surface area contributed by atoms with Gasteiger partial charge in [-0.05, 0) is 12.1 Å². The zero-order valence-electron chi connectivity index (χ0n) is 16.1. The fourth-order valence-corrected chi connectivity index (χ4v) is 3.41. The molecule has 0 aliphatic carbocycles. The van der Waals surface area contributed by atoms with Crippen LogP contribution < -0.4 is 4.74 Å². The van der Waals surface area contributed by atoms with E-state index in [4.69, 9.17) is 4.74 Å². The smallest absolute Gasteiger partial charge is 0.416 e. The van der Waals surface area contributed by atoms with E-state index in [-0.39, 0.29) is 18.3 Å². The molecule has 1 unspecified atom stereocenters. The largest absolute Gasteiger partial charge is 0.472 e. The summed E-state index contributed by atoms with van der Waals surface area (Å²) in [5.74, 6) is -0.300. The highest BCUT2D eigenvalue weighted by molar-refractivity contribution is 5.94. The minimum absolute atomic E-state index is 0.101. The molecule has 3 heterocycles. The van der Waals surface area contributed by atoms with Gasteiger partial charge in [0, 0.05) is 37.8 Å². The van der Waals surface area contributed by atoms with Crippen LogP contribution in [-0.2, 0) is 13.2 Å². The molecule has 30 heavy (non-hydrogen) atoms. The number of pyridine rings is 1. The van der Waals surface area contributed by atoms with Crippen LogP contribution in [0.5, 0.6) is 5.88 Å². The van der Waals surface area contributed by atoms with Crippen molar-refractivity contribution in [2.24, 2.45) is 7.05 Å². The summed E-state index contributed by atoms with van der Waals surface area (Å²) in [6.45, 7) is 0.705. The molecular weight excluding hydrogens is 397 g/mol. The van der Waals surface area contributed by atoms with E-state index in [0.717, 1.165) is 23.9 Å². The molecule has 0 saturated carbocycles. The van der Waals surface area contributed by atoms with Gasteiger partial charge < -0.3 is 9.64 Å². The lowest BCUT2D eigenvalue weighted by Gasteiger charge is -2.17. The Balaban J connectivity index is 1.44. The summed E-state index contributed by atoms with van der Waals surface area (Å²) >= 11 is 0. The van der Waals surface area contributed by atoms with Gasteiger partial charge >= 0.3 is 6.18 Å². The Morgan fingerprint density at radius 2 is 1.93 bits per heavy atom. The normalized spacial score (nSPS) is 16.7. The molecule has 156 valence electrons. The van der Waals surface area contributed by atoms with E-state index in [9.17, 15) is 18.0 Å². The van der Waals surface area contributed by atoms with Gasteiger partial charge in [-0.15, -0.1) is 0 Å². The number of aromatic nitrogens is 3. The number of hydrogen-bond acceptors (Lipinski definition) is 4. The first-order valence-corrected chi connectivity index (χ1v) is 9.40. The monoisotopic (exact) mass is 416 g/mol. The quantitative estimate of drug-likeness (QED) is 0.649. The number of nitrogens with zero attached hydrogens (tertiary/aromatic N) is 4. The van der Waals surface area contributed by atoms with Crippen LogP contribution in [0.15, 0.2) is 54.7 Å². The van der Waals surface area contributed by atoms with Crippen LogP contribution in [0.4, 0.5) is 13.2 Å². The van der Waals surface area contributed by atoms with Crippen molar-refractivity contribution in [2.75, 3.05) is 13.1 Å². The van der Waals surface area contributed by atoms with Crippen LogP contribution in [0, 0.1) is 0 Å². The molecule has 1 aliphatic rings. The van der Waals surface area contributed by atoms with Gasteiger partial charge in [-0.3, -0.25) is 9.48 Å². The Hall–Kier alpha value is -3.36. The van der Waals surface area contributed by atoms with Crippen LogP contribution in [0.2, 0.25) is 0 Å². The SMILES string of the molecule is Cn1nc(-c2ccccc2)cc1C(=O)N1CCC(Oc2cc(C(F)(F)F)ccn2)C1. The number of halogens is 3. The summed E-state index contributed by atoms with van der Waals surface area (Å²) in [7, 11) is 1.70. The lowest BCUT2D eigenvalue weighted by Crippen LogP contribution is -2.32. The molecule has 6 nitrogen and oxygen atoms in total. The maximum atomic E-state index is 12.9. The molecule has 4 rings (SSSR count). The van der Waals surface area contributed by atoms with Crippen LogP contribution in [0.25, 0.3) is 11.3 Å². The van der Waals surface area contributed by atoms with Gasteiger partial charge in [0.1, 0.15) is 11.8 Å². The van der Waals surface area contributed by atoms with Crippen molar-refractivity contribution < 1.29 is 22.7 Å². The second-order valence-corrected chi connectivity index (χ2v) is 7.06. The van der Waals surface area contributed by atoms with Crippen LogP contribution in [0.3, 0.4) is 0 Å². The van der Waals surface area contributed by atoms with Crippen molar-refractivity contribution in [1.29, 1.82) is 0 Å². The van der Waals surface area contributed by atoms with Gasteiger partial charge in [0.25, 0.3) is 5.91 Å². The zero-order chi connectivity index (χ0) is 21.3. The summed E-state index contributed by atoms with van der Waals surface area (Å²) in [4.78, 5) is 18.4. The maximum absolute atomic E-state index is 12.9. The second kappa shape index (κ2) is 7.81. The lowest BCUT2D eigenvalue weighted by atomic mass is 10.1. The zero-order valence-corrected chi connectivity index (χ0v) is 16.1. The van der Waals surface area contributed by atoms with Crippen LogP contribution >= 0.6 is 0 Å². The third-order valence-corrected chi connectivity index (χ3v) is 4.95.